The van der Waals surface area contributed by atoms with Gasteiger partial charge in [-0.15, -0.1) is 0 Å². The maximum absolute atomic E-state index is 12.1. The normalized spacial score (nSPS) is 10.3. The van der Waals surface area contributed by atoms with Gasteiger partial charge in [0.2, 0.25) is 0 Å². The Morgan fingerprint density at radius 2 is 1.74 bits per heavy atom. The average molecular weight is 249 g/mol. The molecular formula is C15H11N3O. The molecule has 0 saturated heterocycles. The first-order valence-corrected chi connectivity index (χ1v) is 5.91. The molecule has 0 saturated carbocycles. The lowest BCUT2D eigenvalue weighted by atomic mass is 10.2. The molecule has 92 valence electrons. The predicted octanol–water partition coefficient (Wildman–Crippen LogP) is 2.88. The van der Waals surface area contributed by atoms with Crippen molar-refractivity contribution in [3.63, 3.8) is 0 Å². The fourth-order valence-electron chi connectivity index (χ4n) is 1.89. The van der Waals surface area contributed by atoms with Crippen LogP contribution in [0.1, 0.15) is 10.5 Å². The number of anilines is 1. The highest BCUT2D eigenvalue weighted by molar-refractivity contribution is 6.07. The highest BCUT2D eigenvalue weighted by atomic mass is 16.1. The van der Waals surface area contributed by atoms with Crippen LogP contribution in [0.25, 0.3) is 10.9 Å². The van der Waals surface area contributed by atoms with Crippen LogP contribution in [0, 0.1) is 0 Å². The number of fused-ring (bicyclic) bond motifs is 1. The molecule has 0 fully saturated rings. The summed E-state index contributed by atoms with van der Waals surface area (Å²) in [5.41, 5.74) is 1.98. The van der Waals surface area contributed by atoms with Crippen molar-refractivity contribution in [2.75, 3.05) is 5.32 Å². The van der Waals surface area contributed by atoms with Crippen molar-refractivity contribution >= 4 is 22.5 Å². The van der Waals surface area contributed by atoms with Crippen LogP contribution in [0.3, 0.4) is 0 Å². The topological polar surface area (TPSA) is 54.9 Å². The van der Waals surface area contributed by atoms with Gasteiger partial charge in [-0.3, -0.25) is 14.8 Å². The monoisotopic (exact) mass is 249 g/mol. The van der Waals surface area contributed by atoms with Crippen LogP contribution >= 0.6 is 0 Å². The number of carbonyl (C=O) groups excluding carboxylic acids is 1. The highest BCUT2D eigenvalue weighted by Crippen LogP contribution is 2.21. The summed E-state index contributed by atoms with van der Waals surface area (Å²) in [5, 5.41) is 3.77. The molecule has 19 heavy (non-hydrogen) atoms. The van der Waals surface area contributed by atoms with Crippen molar-refractivity contribution in [2.24, 2.45) is 0 Å². The maximum atomic E-state index is 12.1. The first kappa shape index (κ1) is 11.3. The van der Waals surface area contributed by atoms with Crippen molar-refractivity contribution < 1.29 is 4.79 Å². The molecule has 3 rings (SSSR count). The summed E-state index contributed by atoms with van der Waals surface area (Å²) < 4.78 is 0. The lowest BCUT2D eigenvalue weighted by Crippen LogP contribution is -2.13. The zero-order chi connectivity index (χ0) is 13.1. The van der Waals surface area contributed by atoms with Crippen molar-refractivity contribution in [3.05, 3.63) is 66.6 Å². The van der Waals surface area contributed by atoms with Gasteiger partial charge in [0.15, 0.2) is 0 Å². The summed E-state index contributed by atoms with van der Waals surface area (Å²) >= 11 is 0. The third-order valence-electron chi connectivity index (χ3n) is 2.79. The van der Waals surface area contributed by atoms with E-state index in [9.17, 15) is 4.79 Å². The summed E-state index contributed by atoms with van der Waals surface area (Å²) in [6.07, 6.45) is 3.27. The molecule has 0 atom stereocenters. The number of amides is 1. The van der Waals surface area contributed by atoms with Gasteiger partial charge in [-0.2, -0.15) is 0 Å². The minimum absolute atomic E-state index is 0.225. The third-order valence-corrected chi connectivity index (χ3v) is 2.79. The standard InChI is InChI=1S/C15H11N3O/c19-15(14-7-3-4-9-16-14)18-13-8-10-17-12-6-2-1-5-11(12)13/h1-10H,(H,17,18,19). The zero-order valence-corrected chi connectivity index (χ0v) is 10.1. The Bertz CT molecular complexity index is 720. The Morgan fingerprint density at radius 1 is 0.895 bits per heavy atom. The van der Waals surface area contributed by atoms with Crippen LogP contribution in [0.5, 0.6) is 0 Å². The van der Waals surface area contributed by atoms with Crippen molar-refractivity contribution in [2.45, 2.75) is 0 Å². The quantitative estimate of drug-likeness (QED) is 0.759. The van der Waals surface area contributed by atoms with E-state index in [0.717, 1.165) is 16.6 Å². The van der Waals surface area contributed by atoms with E-state index in [1.807, 2.05) is 24.3 Å². The number of pyridine rings is 2. The molecule has 0 aliphatic carbocycles. The summed E-state index contributed by atoms with van der Waals surface area (Å²) in [6.45, 7) is 0. The van der Waals surface area contributed by atoms with E-state index in [1.165, 1.54) is 0 Å². The molecule has 4 heteroatoms. The lowest BCUT2D eigenvalue weighted by molar-refractivity contribution is 0.102. The Balaban J connectivity index is 1.96. The van der Waals surface area contributed by atoms with Crippen molar-refractivity contribution in [3.8, 4) is 0 Å². The first-order valence-electron chi connectivity index (χ1n) is 5.91. The summed E-state index contributed by atoms with van der Waals surface area (Å²) in [5.74, 6) is -0.225. The number of rotatable bonds is 2. The molecule has 0 unspecified atom stereocenters. The van der Waals surface area contributed by atoms with Gasteiger partial charge in [0.1, 0.15) is 5.69 Å². The van der Waals surface area contributed by atoms with Crippen molar-refractivity contribution in [1.29, 1.82) is 0 Å². The van der Waals surface area contributed by atoms with E-state index in [-0.39, 0.29) is 5.91 Å². The molecule has 0 spiro atoms. The Morgan fingerprint density at radius 3 is 2.58 bits per heavy atom. The van der Waals surface area contributed by atoms with E-state index in [1.54, 1.807) is 36.7 Å². The Kier molecular flexibility index (Phi) is 2.90. The van der Waals surface area contributed by atoms with Crippen LogP contribution in [-0.2, 0) is 0 Å². The second-order valence-corrected chi connectivity index (χ2v) is 4.04. The van der Waals surface area contributed by atoms with Crippen LogP contribution in [0.2, 0.25) is 0 Å². The lowest BCUT2D eigenvalue weighted by Gasteiger charge is -2.07. The van der Waals surface area contributed by atoms with E-state index in [2.05, 4.69) is 15.3 Å². The number of nitrogens with zero attached hydrogens (tertiary/aromatic N) is 2. The zero-order valence-electron chi connectivity index (χ0n) is 10.1. The number of carbonyl (C=O) groups is 1. The largest absolute Gasteiger partial charge is 0.320 e. The fourth-order valence-corrected chi connectivity index (χ4v) is 1.89. The second-order valence-electron chi connectivity index (χ2n) is 4.04. The SMILES string of the molecule is O=C(Nc1ccnc2ccccc12)c1ccccn1. The molecule has 2 heterocycles. The number of nitrogens with one attached hydrogen (secondary N) is 1. The van der Waals surface area contributed by atoms with Gasteiger partial charge in [-0.1, -0.05) is 24.3 Å². The molecule has 0 radical (unpaired) electrons. The first-order chi connectivity index (χ1) is 9.34. The molecule has 3 aromatic rings. The number of para-hydroxylation sites is 1. The molecular weight excluding hydrogens is 238 g/mol. The Labute approximate surface area is 110 Å². The molecule has 2 aromatic heterocycles. The molecule has 1 amide bonds. The van der Waals surface area contributed by atoms with Gasteiger partial charge in [0.25, 0.3) is 5.91 Å². The van der Waals surface area contributed by atoms with Gasteiger partial charge in [-0.25, -0.2) is 0 Å². The molecule has 4 nitrogen and oxygen atoms in total. The Hall–Kier alpha value is -2.75. The van der Waals surface area contributed by atoms with Gasteiger partial charge in [0.05, 0.1) is 11.2 Å². The summed E-state index contributed by atoms with van der Waals surface area (Å²) in [6, 6.07) is 14.7. The van der Waals surface area contributed by atoms with Crippen LogP contribution in [0.15, 0.2) is 60.9 Å². The predicted molar refractivity (Wildman–Crippen MR) is 73.9 cm³/mol. The molecule has 0 aliphatic rings. The molecule has 1 N–H and O–H groups in total. The van der Waals surface area contributed by atoms with Gasteiger partial charge in [0, 0.05) is 17.8 Å². The average Bonchev–Trinajstić information content (AvgIpc) is 2.48. The van der Waals surface area contributed by atoms with Gasteiger partial charge < -0.3 is 5.32 Å². The van der Waals surface area contributed by atoms with Crippen LogP contribution < -0.4 is 5.32 Å². The van der Waals surface area contributed by atoms with Gasteiger partial charge >= 0.3 is 0 Å². The highest BCUT2D eigenvalue weighted by Gasteiger charge is 2.08. The molecule has 1 aromatic carbocycles. The fraction of sp³-hybridized carbons (Fsp3) is 0. The third kappa shape index (κ3) is 2.28. The number of aromatic nitrogens is 2. The number of hydrogen-bond donors (Lipinski definition) is 1. The minimum Gasteiger partial charge on any atom is -0.320 e. The number of hydrogen-bond acceptors (Lipinski definition) is 3. The van der Waals surface area contributed by atoms with E-state index in [0.29, 0.717) is 5.69 Å². The van der Waals surface area contributed by atoms with Crippen molar-refractivity contribution in [1.82, 2.24) is 9.97 Å². The van der Waals surface area contributed by atoms with Gasteiger partial charge in [-0.05, 0) is 24.3 Å². The number of benzene rings is 1. The summed E-state index contributed by atoms with van der Waals surface area (Å²) in [4.78, 5) is 20.3. The minimum atomic E-state index is -0.225. The second kappa shape index (κ2) is 4.86. The maximum Gasteiger partial charge on any atom is 0.274 e. The molecule has 0 aliphatic heterocycles. The van der Waals surface area contributed by atoms with E-state index in [4.69, 9.17) is 0 Å². The smallest absolute Gasteiger partial charge is 0.274 e. The molecule has 0 bridgehead atoms. The van der Waals surface area contributed by atoms with Crippen LogP contribution in [-0.4, -0.2) is 15.9 Å². The van der Waals surface area contributed by atoms with Crippen LogP contribution in [0.4, 0.5) is 5.69 Å². The summed E-state index contributed by atoms with van der Waals surface area (Å²) in [7, 11) is 0. The van der Waals surface area contributed by atoms with E-state index < -0.39 is 0 Å². The van der Waals surface area contributed by atoms with E-state index >= 15 is 0 Å².